The zero-order valence-corrected chi connectivity index (χ0v) is 14.7. The molecule has 0 aliphatic carbocycles. The number of aromatic nitrogens is 1. The van der Waals surface area contributed by atoms with Crippen LogP contribution in [0.1, 0.15) is 31.7 Å². The minimum Gasteiger partial charge on any atom is -0.357 e. The third-order valence-corrected chi connectivity index (χ3v) is 4.99. The summed E-state index contributed by atoms with van der Waals surface area (Å²) in [5.41, 5.74) is 1.45. The number of nitrogens with one attached hydrogen (secondary N) is 1. The van der Waals surface area contributed by atoms with Gasteiger partial charge >= 0.3 is 0 Å². The molecule has 3 heteroatoms. The van der Waals surface area contributed by atoms with Crippen LogP contribution in [0.4, 0.5) is 5.82 Å². The summed E-state index contributed by atoms with van der Waals surface area (Å²) in [7, 11) is 0. The van der Waals surface area contributed by atoms with E-state index < -0.39 is 0 Å². The van der Waals surface area contributed by atoms with Gasteiger partial charge in [0.1, 0.15) is 5.82 Å². The lowest BCUT2D eigenvalue weighted by atomic mass is 9.99. The third kappa shape index (κ3) is 5.07. The molecule has 1 aliphatic rings. The number of nitrogens with zero attached hydrogens (tertiary/aromatic N) is 2. The van der Waals surface area contributed by atoms with Crippen molar-refractivity contribution in [2.45, 2.75) is 38.6 Å². The van der Waals surface area contributed by atoms with Gasteiger partial charge in [-0.3, -0.25) is 0 Å². The van der Waals surface area contributed by atoms with Gasteiger partial charge in [-0.05, 0) is 55.8 Å². The molecule has 1 fully saturated rings. The van der Waals surface area contributed by atoms with E-state index in [-0.39, 0.29) is 0 Å². The molecular weight excluding hydrogens is 294 g/mol. The van der Waals surface area contributed by atoms with Gasteiger partial charge in [-0.2, -0.15) is 0 Å². The van der Waals surface area contributed by atoms with Gasteiger partial charge in [0.25, 0.3) is 0 Å². The van der Waals surface area contributed by atoms with Gasteiger partial charge in [-0.15, -0.1) is 0 Å². The van der Waals surface area contributed by atoms with E-state index in [9.17, 15) is 0 Å². The van der Waals surface area contributed by atoms with Crippen LogP contribution in [0.2, 0.25) is 0 Å². The van der Waals surface area contributed by atoms with Crippen LogP contribution in [0.5, 0.6) is 0 Å². The lowest BCUT2D eigenvalue weighted by Gasteiger charge is -2.33. The molecule has 0 spiro atoms. The van der Waals surface area contributed by atoms with E-state index in [4.69, 9.17) is 0 Å². The quantitative estimate of drug-likeness (QED) is 0.837. The van der Waals surface area contributed by atoms with Crippen LogP contribution in [0.25, 0.3) is 0 Å². The molecule has 1 aromatic carbocycles. The zero-order valence-electron chi connectivity index (χ0n) is 14.7. The second-order valence-corrected chi connectivity index (χ2v) is 6.99. The molecule has 3 rings (SSSR count). The Balaban J connectivity index is 1.34. The standard InChI is InChI=1S/C21H29N3/c1-18(10-11-19-7-3-2-4-8-19)17-23-20-12-15-24(16-13-20)21-9-5-6-14-22-21/h2-9,14,18,20,23H,10-13,15-17H2,1H3. The normalized spacial score (nSPS) is 17.0. The predicted octanol–water partition coefficient (Wildman–Crippen LogP) is 3.91. The first-order chi connectivity index (χ1) is 11.8. The molecule has 2 heterocycles. The maximum atomic E-state index is 4.46. The van der Waals surface area contributed by atoms with E-state index in [1.54, 1.807) is 0 Å². The number of hydrogen-bond acceptors (Lipinski definition) is 3. The van der Waals surface area contributed by atoms with Crippen molar-refractivity contribution in [2.75, 3.05) is 24.5 Å². The molecule has 0 amide bonds. The van der Waals surface area contributed by atoms with E-state index in [1.807, 2.05) is 12.3 Å². The molecule has 3 nitrogen and oxygen atoms in total. The minimum atomic E-state index is 0.657. The van der Waals surface area contributed by atoms with Crippen molar-refractivity contribution in [3.05, 3.63) is 60.3 Å². The second-order valence-electron chi connectivity index (χ2n) is 6.99. The van der Waals surface area contributed by atoms with E-state index in [0.717, 1.165) is 31.4 Å². The predicted molar refractivity (Wildman–Crippen MR) is 101 cm³/mol. The maximum absolute atomic E-state index is 4.46. The number of anilines is 1. The van der Waals surface area contributed by atoms with Crippen molar-refractivity contribution >= 4 is 5.82 Å². The fourth-order valence-electron chi connectivity index (χ4n) is 3.38. The van der Waals surface area contributed by atoms with Gasteiger partial charge in [-0.1, -0.05) is 43.3 Å². The lowest BCUT2D eigenvalue weighted by Crippen LogP contribution is -2.44. The van der Waals surface area contributed by atoms with Crippen LogP contribution in [0.15, 0.2) is 54.7 Å². The highest BCUT2D eigenvalue weighted by Crippen LogP contribution is 2.17. The van der Waals surface area contributed by atoms with E-state index >= 15 is 0 Å². The third-order valence-electron chi connectivity index (χ3n) is 4.99. The van der Waals surface area contributed by atoms with Crippen LogP contribution in [-0.2, 0) is 6.42 Å². The van der Waals surface area contributed by atoms with Gasteiger partial charge in [0.15, 0.2) is 0 Å². The first-order valence-corrected chi connectivity index (χ1v) is 9.24. The summed E-state index contributed by atoms with van der Waals surface area (Å²) in [5, 5.41) is 3.78. The number of pyridine rings is 1. The minimum absolute atomic E-state index is 0.657. The fraction of sp³-hybridized carbons (Fsp3) is 0.476. The van der Waals surface area contributed by atoms with Gasteiger partial charge in [0.2, 0.25) is 0 Å². The molecule has 0 radical (unpaired) electrons. The Morgan fingerprint density at radius 2 is 1.83 bits per heavy atom. The number of aryl methyl sites for hydroxylation is 1. The van der Waals surface area contributed by atoms with E-state index in [0.29, 0.717) is 6.04 Å². The second kappa shape index (κ2) is 8.84. The van der Waals surface area contributed by atoms with Crippen molar-refractivity contribution < 1.29 is 0 Å². The Morgan fingerprint density at radius 1 is 1.08 bits per heavy atom. The van der Waals surface area contributed by atoms with Gasteiger partial charge in [0, 0.05) is 25.3 Å². The molecule has 1 atom stereocenters. The smallest absolute Gasteiger partial charge is 0.128 e. The summed E-state index contributed by atoms with van der Waals surface area (Å²) in [4.78, 5) is 6.86. The molecule has 128 valence electrons. The molecule has 1 aromatic heterocycles. The molecule has 1 unspecified atom stereocenters. The van der Waals surface area contributed by atoms with Crippen LogP contribution >= 0.6 is 0 Å². The van der Waals surface area contributed by atoms with Crippen LogP contribution in [-0.4, -0.2) is 30.7 Å². The summed E-state index contributed by atoms with van der Waals surface area (Å²) in [6.45, 7) is 5.69. The molecule has 2 aromatic rings. The van der Waals surface area contributed by atoms with Gasteiger partial charge < -0.3 is 10.2 Å². The van der Waals surface area contributed by atoms with Crippen molar-refractivity contribution in [1.29, 1.82) is 0 Å². The molecule has 0 bridgehead atoms. The highest BCUT2D eigenvalue weighted by Gasteiger charge is 2.19. The largest absolute Gasteiger partial charge is 0.357 e. The molecule has 1 aliphatic heterocycles. The average Bonchev–Trinajstić information content (AvgIpc) is 2.67. The van der Waals surface area contributed by atoms with Crippen LogP contribution in [0.3, 0.4) is 0 Å². The molecular formula is C21H29N3. The molecule has 0 saturated carbocycles. The Labute approximate surface area is 146 Å². The monoisotopic (exact) mass is 323 g/mol. The number of piperidine rings is 1. The number of rotatable bonds is 7. The van der Waals surface area contributed by atoms with Crippen molar-refractivity contribution in [3.63, 3.8) is 0 Å². The average molecular weight is 323 g/mol. The Kier molecular flexibility index (Phi) is 6.25. The van der Waals surface area contributed by atoms with Crippen LogP contribution in [0, 0.1) is 5.92 Å². The van der Waals surface area contributed by atoms with Crippen molar-refractivity contribution in [2.24, 2.45) is 5.92 Å². The Bertz CT molecular complexity index is 577. The Hall–Kier alpha value is -1.87. The first-order valence-electron chi connectivity index (χ1n) is 9.24. The van der Waals surface area contributed by atoms with E-state index in [2.05, 4.69) is 64.6 Å². The first kappa shape index (κ1) is 17.0. The van der Waals surface area contributed by atoms with Crippen molar-refractivity contribution in [3.8, 4) is 0 Å². The topological polar surface area (TPSA) is 28.2 Å². The summed E-state index contributed by atoms with van der Waals surface area (Å²) in [6.07, 6.45) is 6.74. The zero-order chi connectivity index (χ0) is 16.6. The fourth-order valence-corrected chi connectivity index (χ4v) is 3.38. The summed E-state index contributed by atoms with van der Waals surface area (Å²) in [6, 6.07) is 17.6. The van der Waals surface area contributed by atoms with Gasteiger partial charge in [-0.25, -0.2) is 4.98 Å². The van der Waals surface area contributed by atoms with Gasteiger partial charge in [0.05, 0.1) is 0 Å². The number of hydrogen-bond donors (Lipinski definition) is 1. The summed E-state index contributed by atoms with van der Waals surface area (Å²) < 4.78 is 0. The highest BCUT2D eigenvalue weighted by atomic mass is 15.2. The SMILES string of the molecule is CC(CCc1ccccc1)CNC1CCN(c2ccccn2)CC1. The summed E-state index contributed by atoms with van der Waals surface area (Å²) in [5.74, 6) is 1.84. The maximum Gasteiger partial charge on any atom is 0.128 e. The van der Waals surface area contributed by atoms with Crippen LogP contribution < -0.4 is 10.2 Å². The number of benzene rings is 1. The molecule has 1 saturated heterocycles. The Morgan fingerprint density at radius 3 is 2.54 bits per heavy atom. The lowest BCUT2D eigenvalue weighted by molar-refractivity contribution is 0.375. The van der Waals surface area contributed by atoms with E-state index in [1.165, 1.54) is 31.2 Å². The molecule has 1 N–H and O–H groups in total. The van der Waals surface area contributed by atoms with Crippen molar-refractivity contribution in [1.82, 2.24) is 10.3 Å². The summed E-state index contributed by atoms with van der Waals surface area (Å²) >= 11 is 0. The molecule has 24 heavy (non-hydrogen) atoms. The highest BCUT2D eigenvalue weighted by molar-refractivity contribution is 5.38.